The number of rotatable bonds is 4. The number of fused-ring (bicyclic) bond motifs is 4. The zero-order valence-electron chi connectivity index (χ0n) is 19.6. The summed E-state index contributed by atoms with van der Waals surface area (Å²) in [7, 11) is -3.71. The summed E-state index contributed by atoms with van der Waals surface area (Å²) in [5.74, 6) is -0.400. The van der Waals surface area contributed by atoms with Crippen LogP contribution in [0, 0.1) is 0 Å². The Labute approximate surface area is 212 Å². The molecule has 0 saturated heterocycles. The van der Waals surface area contributed by atoms with Gasteiger partial charge in [-0.2, -0.15) is 4.99 Å². The molecule has 0 atom stereocenters. The Kier molecular flexibility index (Phi) is 5.50. The van der Waals surface area contributed by atoms with Gasteiger partial charge in [0.15, 0.2) is 4.80 Å². The maximum absolute atomic E-state index is 13.3. The van der Waals surface area contributed by atoms with Gasteiger partial charge in [0.25, 0.3) is 15.9 Å². The number of carbonyl (C=O) groups is 1. The van der Waals surface area contributed by atoms with Gasteiger partial charge in [-0.05, 0) is 60.7 Å². The Hall–Kier alpha value is -3.75. The Morgan fingerprint density at radius 3 is 2.50 bits per heavy atom. The summed E-state index contributed by atoms with van der Waals surface area (Å²) >= 11 is 1.49. The first-order valence-corrected chi connectivity index (χ1v) is 14.0. The highest BCUT2D eigenvalue weighted by molar-refractivity contribution is 7.92. The monoisotopic (exact) mass is 513 g/mol. The predicted octanol–water partition coefficient (Wildman–Crippen LogP) is 5.37. The highest BCUT2D eigenvalue weighted by Gasteiger charge is 2.30. The third-order valence-electron chi connectivity index (χ3n) is 6.62. The molecule has 0 saturated carbocycles. The molecule has 1 aliphatic rings. The number of carbonyl (C=O) groups excluding carboxylic acids is 1. The summed E-state index contributed by atoms with van der Waals surface area (Å²) in [6.45, 7) is 3.12. The molecule has 2 heterocycles. The fraction of sp³-hybridized carbons (Fsp3) is 0.143. The normalized spacial score (nSPS) is 14.0. The molecule has 4 aromatic carbocycles. The van der Waals surface area contributed by atoms with Gasteiger partial charge in [0, 0.05) is 24.0 Å². The average molecular weight is 514 g/mol. The van der Waals surface area contributed by atoms with Crippen LogP contribution in [0.25, 0.3) is 21.0 Å². The van der Waals surface area contributed by atoms with Gasteiger partial charge in [0.05, 0.1) is 20.8 Å². The molecular weight excluding hydrogens is 490 g/mol. The smallest absolute Gasteiger partial charge is 0.279 e. The van der Waals surface area contributed by atoms with Crippen molar-refractivity contribution in [2.24, 2.45) is 4.99 Å². The van der Waals surface area contributed by atoms with E-state index in [9.17, 15) is 13.2 Å². The van der Waals surface area contributed by atoms with Gasteiger partial charge >= 0.3 is 0 Å². The number of nitrogens with zero attached hydrogens (tertiary/aromatic N) is 3. The van der Waals surface area contributed by atoms with Crippen LogP contribution in [0.2, 0.25) is 0 Å². The molecule has 1 amide bonds. The number of sulfonamides is 1. The van der Waals surface area contributed by atoms with E-state index in [1.54, 1.807) is 12.1 Å². The summed E-state index contributed by atoms with van der Waals surface area (Å²) in [5.41, 5.74) is 3.13. The Balaban J connectivity index is 1.35. The molecule has 1 aromatic heterocycles. The Bertz CT molecular complexity index is 1820. The molecule has 0 fully saturated rings. The fourth-order valence-corrected chi connectivity index (χ4v) is 7.53. The fourth-order valence-electron chi connectivity index (χ4n) is 4.80. The predicted molar refractivity (Wildman–Crippen MR) is 144 cm³/mol. The van der Waals surface area contributed by atoms with E-state index in [1.807, 2.05) is 47.9 Å². The van der Waals surface area contributed by atoms with E-state index in [0.717, 1.165) is 26.6 Å². The second-order valence-electron chi connectivity index (χ2n) is 8.66. The number of aromatic nitrogens is 1. The van der Waals surface area contributed by atoms with E-state index in [-0.39, 0.29) is 4.90 Å². The molecular formula is C28H23N3O3S2. The van der Waals surface area contributed by atoms with E-state index in [1.165, 1.54) is 27.8 Å². The van der Waals surface area contributed by atoms with Crippen LogP contribution >= 0.6 is 11.3 Å². The van der Waals surface area contributed by atoms with E-state index >= 15 is 0 Å². The molecule has 0 aliphatic carbocycles. The third kappa shape index (κ3) is 3.65. The lowest BCUT2D eigenvalue weighted by molar-refractivity contribution is 0.0997. The molecule has 5 aromatic rings. The molecule has 180 valence electrons. The number of benzene rings is 4. The van der Waals surface area contributed by atoms with Gasteiger partial charge in [0.1, 0.15) is 0 Å². The van der Waals surface area contributed by atoms with Crippen molar-refractivity contribution in [3.63, 3.8) is 0 Å². The largest absolute Gasteiger partial charge is 0.317 e. The van der Waals surface area contributed by atoms with Crippen molar-refractivity contribution in [2.45, 2.75) is 24.8 Å². The van der Waals surface area contributed by atoms with Gasteiger partial charge in [-0.3, -0.25) is 9.10 Å². The number of hydrogen-bond donors (Lipinski definition) is 0. The minimum absolute atomic E-state index is 0.160. The van der Waals surface area contributed by atoms with Crippen LogP contribution in [0.4, 0.5) is 5.69 Å². The second kappa shape index (κ2) is 8.72. The van der Waals surface area contributed by atoms with Crippen LogP contribution < -0.4 is 9.11 Å². The highest BCUT2D eigenvalue weighted by atomic mass is 32.2. The number of amides is 1. The Morgan fingerprint density at radius 1 is 0.944 bits per heavy atom. The molecule has 0 bridgehead atoms. The summed E-state index contributed by atoms with van der Waals surface area (Å²) in [5, 5.41) is 2.28. The second-order valence-corrected chi connectivity index (χ2v) is 11.5. The van der Waals surface area contributed by atoms with Gasteiger partial charge < -0.3 is 4.57 Å². The minimum atomic E-state index is -3.71. The maximum Gasteiger partial charge on any atom is 0.279 e. The lowest BCUT2D eigenvalue weighted by Gasteiger charge is -2.19. The Morgan fingerprint density at radius 2 is 1.69 bits per heavy atom. The van der Waals surface area contributed by atoms with Crippen molar-refractivity contribution >= 4 is 53.9 Å². The van der Waals surface area contributed by atoms with E-state index < -0.39 is 15.9 Å². The number of hydrogen-bond acceptors (Lipinski definition) is 4. The van der Waals surface area contributed by atoms with Gasteiger partial charge in [0.2, 0.25) is 0 Å². The van der Waals surface area contributed by atoms with Crippen molar-refractivity contribution in [1.82, 2.24) is 4.57 Å². The number of para-hydroxylation sites is 1. The van der Waals surface area contributed by atoms with E-state index in [0.29, 0.717) is 35.6 Å². The molecule has 0 unspecified atom stereocenters. The molecule has 0 spiro atoms. The molecule has 1 aliphatic heterocycles. The van der Waals surface area contributed by atoms with E-state index in [2.05, 4.69) is 29.3 Å². The molecule has 6 rings (SSSR count). The number of anilines is 1. The summed E-state index contributed by atoms with van der Waals surface area (Å²) in [6, 6.07) is 25.9. The van der Waals surface area contributed by atoms with Crippen molar-refractivity contribution in [2.75, 3.05) is 10.8 Å². The zero-order chi connectivity index (χ0) is 24.9. The number of aryl methyl sites for hydroxylation is 1. The van der Waals surface area contributed by atoms with Crippen molar-refractivity contribution < 1.29 is 13.2 Å². The summed E-state index contributed by atoms with van der Waals surface area (Å²) in [4.78, 5) is 18.3. The van der Waals surface area contributed by atoms with Crippen molar-refractivity contribution in [3.05, 3.63) is 101 Å². The molecule has 0 N–H and O–H groups in total. The van der Waals surface area contributed by atoms with E-state index in [4.69, 9.17) is 0 Å². The van der Waals surface area contributed by atoms with Crippen LogP contribution in [0.5, 0.6) is 0 Å². The SMILES string of the molecule is CCn1c(=NC(=O)c2ccc(S(=O)(=O)N3CCc4ccccc43)cc2)sc2c3ccccc3ccc21. The molecule has 8 heteroatoms. The van der Waals surface area contributed by atoms with Gasteiger partial charge in [-0.15, -0.1) is 0 Å². The standard InChI is InChI=1S/C28H23N3O3S2/c1-2-30-25-16-13-19-7-3-5-9-23(19)26(25)35-28(30)29-27(32)21-11-14-22(15-12-21)36(33,34)31-18-17-20-8-4-6-10-24(20)31/h3-16H,2,17-18H2,1H3. The van der Waals surface area contributed by atoms with Crippen molar-refractivity contribution in [3.8, 4) is 0 Å². The molecule has 6 nitrogen and oxygen atoms in total. The topological polar surface area (TPSA) is 71.7 Å². The first-order chi connectivity index (χ1) is 17.5. The number of thiazole rings is 1. The van der Waals surface area contributed by atoms with Crippen LogP contribution in [0.3, 0.4) is 0 Å². The van der Waals surface area contributed by atoms with Crippen LogP contribution in [-0.2, 0) is 23.0 Å². The zero-order valence-corrected chi connectivity index (χ0v) is 21.2. The first kappa shape index (κ1) is 22.7. The quantitative estimate of drug-likeness (QED) is 0.324. The lowest BCUT2D eigenvalue weighted by Crippen LogP contribution is -2.29. The minimum Gasteiger partial charge on any atom is -0.317 e. The van der Waals surface area contributed by atoms with Gasteiger partial charge in [-0.25, -0.2) is 8.42 Å². The van der Waals surface area contributed by atoms with Gasteiger partial charge in [-0.1, -0.05) is 59.9 Å². The maximum atomic E-state index is 13.3. The van der Waals surface area contributed by atoms with Crippen LogP contribution in [-0.4, -0.2) is 25.4 Å². The lowest BCUT2D eigenvalue weighted by atomic mass is 10.1. The van der Waals surface area contributed by atoms with Crippen LogP contribution in [0.15, 0.2) is 94.8 Å². The highest BCUT2D eigenvalue weighted by Crippen LogP contribution is 2.33. The summed E-state index contributed by atoms with van der Waals surface area (Å²) in [6.07, 6.45) is 0.687. The summed E-state index contributed by atoms with van der Waals surface area (Å²) < 4.78 is 31.1. The van der Waals surface area contributed by atoms with Crippen LogP contribution in [0.1, 0.15) is 22.8 Å². The molecule has 0 radical (unpaired) electrons. The average Bonchev–Trinajstić information content (AvgIpc) is 3.50. The molecule has 36 heavy (non-hydrogen) atoms. The van der Waals surface area contributed by atoms with Crippen molar-refractivity contribution in [1.29, 1.82) is 0 Å². The third-order valence-corrected chi connectivity index (χ3v) is 9.58. The first-order valence-electron chi connectivity index (χ1n) is 11.8.